The van der Waals surface area contributed by atoms with Crippen LogP contribution in [0.15, 0.2) is 21.7 Å². The lowest BCUT2D eigenvalue weighted by Gasteiger charge is -2.14. The third-order valence-electron chi connectivity index (χ3n) is 2.51. The van der Waals surface area contributed by atoms with Crippen LogP contribution >= 0.6 is 15.9 Å². The van der Waals surface area contributed by atoms with Crippen LogP contribution in [-0.2, 0) is 9.59 Å². The number of nitrogens with zero attached hydrogens (tertiary/aromatic N) is 2. The summed E-state index contributed by atoms with van der Waals surface area (Å²) in [6, 6.07) is 3.33. The van der Waals surface area contributed by atoms with Crippen molar-refractivity contribution in [2.75, 3.05) is 27.3 Å². The van der Waals surface area contributed by atoms with Crippen molar-refractivity contribution in [2.24, 2.45) is 5.10 Å². The van der Waals surface area contributed by atoms with Crippen LogP contribution < -0.4 is 9.47 Å². The van der Waals surface area contributed by atoms with E-state index in [2.05, 4.69) is 21.0 Å². The standard InChI is InChI=1S/C13H15BrN2O6/c1-21-9-4-3-8(12(14)13(9)22-2)5-15-16(6-10(17)18)7-11(19)20/h3-5H,6-7H2,1-2H3,(H,17,18)(H,19,20)/b15-5-. The summed E-state index contributed by atoms with van der Waals surface area (Å²) >= 11 is 3.34. The van der Waals surface area contributed by atoms with E-state index >= 15 is 0 Å². The monoisotopic (exact) mass is 374 g/mol. The molecule has 9 heteroatoms. The number of hydrogen-bond donors (Lipinski definition) is 2. The molecule has 120 valence electrons. The number of halogens is 1. The zero-order valence-corrected chi connectivity index (χ0v) is 13.5. The number of hydrogen-bond acceptors (Lipinski definition) is 6. The van der Waals surface area contributed by atoms with Gasteiger partial charge in [-0.1, -0.05) is 0 Å². The quantitative estimate of drug-likeness (QED) is 0.520. The maximum absolute atomic E-state index is 10.7. The number of aliphatic carboxylic acids is 2. The number of benzene rings is 1. The smallest absolute Gasteiger partial charge is 0.324 e. The van der Waals surface area contributed by atoms with E-state index in [-0.39, 0.29) is 0 Å². The van der Waals surface area contributed by atoms with Crippen LogP contribution in [0.3, 0.4) is 0 Å². The van der Waals surface area contributed by atoms with Gasteiger partial charge in [0, 0.05) is 5.56 Å². The van der Waals surface area contributed by atoms with Crippen LogP contribution in [-0.4, -0.2) is 60.7 Å². The van der Waals surface area contributed by atoms with Crippen LogP contribution in [0.25, 0.3) is 0 Å². The Morgan fingerprint density at radius 3 is 2.27 bits per heavy atom. The molecule has 1 aromatic rings. The Hall–Kier alpha value is -2.29. The molecule has 22 heavy (non-hydrogen) atoms. The fraction of sp³-hybridized carbons (Fsp3) is 0.308. The van der Waals surface area contributed by atoms with Crippen LogP contribution in [0.4, 0.5) is 0 Å². The molecular formula is C13H15BrN2O6. The summed E-state index contributed by atoms with van der Waals surface area (Å²) < 4.78 is 10.9. The molecule has 0 aromatic heterocycles. The molecule has 0 saturated carbocycles. The Kier molecular flexibility index (Phi) is 6.64. The lowest BCUT2D eigenvalue weighted by Crippen LogP contribution is -2.30. The molecule has 0 aliphatic rings. The number of carboxylic acid groups (broad SMARTS) is 2. The number of methoxy groups -OCH3 is 2. The van der Waals surface area contributed by atoms with E-state index in [0.29, 0.717) is 21.5 Å². The maximum Gasteiger partial charge on any atom is 0.324 e. The van der Waals surface area contributed by atoms with E-state index in [1.807, 2.05) is 0 Å². The van der Waals surface area contributed by atoms with Crippen LogP contribution in [0.1, 0.15) is 5.56 Å². The van der Waals surface area contributed by atoms with Gasteiger partial charge < -0.3 is 19.7 Å². The van der Waals surface area contributed by atoms with Crippen LogP contribution in [0.5, 0.6) is 11.5 Å². The molecule has 8 nitrogen and oxygen atoms in total. The predicted molar refractivity (Wildman–Crippen MR) is 81.7 cm³/mol. The Bertz CT molecular complexity index is 574. The van der Waals surface area contributed by atoms with Gasteiger partial charge in [-0.3, -0.25) is 14.6 Å². The molecule has 1 aromatic carbocycles. The molecule has 0 heterocycles. The van der Waals surface area contributed by atoms with Gasteiger partial charge in [0.2, 0.25) is 0 Å². The molecule has 0 fully saturated rings. The second kappa shape index (κ2) is 8.23. The second-order valence-electron chi connectivity index (χ2n) is 4.06. The highest BCUT2D eigenvalue weighted by Crippen LogP contribution is 2.36. The molecule has 0 amide bonds. The van der Waals surface area contributed by atoms with E-state index in [9.17, 15) is 9.59 Å². The highest BCUT2D eigenvalue weighted by Gasteiger charge is 2.13. The van der Waals surface area contributed by atoms with Gasteiger partial charge in [-0.15, -0.1) is 0 Å². The third-order valence-corrected chi connectivity index (χ3v) is 3.33. The largest absolute Gasteiger partial charge is 0.493 e. The van der Waals surface area contributed by atoms with Crippen molar-refractivity contribution in [1.82, 2.24) is 5.01 Å². The van der Waals surface area contributed by atoms with Gasteiger partial charge in [0.15, 0.2) is 11.5 Å². The zero-order chi connectivity index (χ0) is 16.7. The maximum atomic E-state index is 10.7. The zero-order valence-electron chi connectivity index (χ0n) is 11.9. The minimum absolute atomic E-state index is 0.453. The van der Waals surface area contributed by atoms with Gasteiger partial charge in [0.25, 0.3) is 0 Å². The average Bonchev–Trinajstić information content (AvgIpc) is 2.44. The molecule has 0 bridgehead atoms. The normalized spacial score (nSPS) is 10.5. The van der Waals surface area contributed by atoms with E-state index < -0.39 is 25.0 Å². The molecule has 0 aliphatic carbocycles. The first-order valence-corrected chi connectivity index (χ1v) is 6.81. The fourth-order valence-corrected chi connectivity index (χ4v) is 2.19. The summed E-state index contributed by atoms with van der Waals surface area (Å²) in [4.78, 5) is 21.4. The number of ether oxygens (including phenoxy) is 2. The molecule has 0 aliphatic heterocycles. The Morgan fingerprint density at radius 1 is 1.23 bits per heavy atom. The summed E-state index contributed by atoms with van der Waals surface area (Å²) in [5.41, 5.74) is 0.582. The van der Waals surface area contributed by atoms with E-state index in [0.717, 1.165) is 5.01 Å². The van der Waals surface area contributed by atoms with Gasteiger partial charge in [-0.05, 0) is 28.1 Å². The summed E-state index contributed by atoms with van der Waals surface area (Å²) in [6.45, 7) is -1.04. The van der Waals surface area contributed by atoms with Crippen LogP contribution in [0, 0.1) is 0 Å². The molecule has 2 N–H and O–H groups in total. The number of hydrazone groups is 1. The van der Waals surface area contributed by atoms with Gasteiger partial charge in [0.05, 0.1) is 24.9 Å². The highest BCUT2D eigenvalue weighted by atomic mass is 79.9. The van der Waals surface area contributed by atoms with E-state index in [1.54, 1.807) is 12.1 Å². The van der Waals surface area contributed by atoms with Crippen LogP contribution in [0.2, 0.25) is 0 Å². The van der Waals surface area contributed by atoms with Gasteiger partial charge >= 0.3 is 11.9 Å². The Morgan fingerprint density at radius 2 is 1.82 bits per heavy atom. The summed E-state index contributed by atoms with van der Waals surface area (Å²) in [5.74, 6) is -1.39. The number of carboxylic acids is 2. The number of rotatable bonds is 8. The predicted octanol–water partition coefficient (Wildman–Crippen LogP) is 1.27. The SMILES string of the molecule is COc1ccc(/C=N\N(CC(=O)O)CC(=O)O)c(Br)c1OC. The van der Waals surface area contributed by atoms with Crippen molar-refractivity contribution in [2.45, 2.75) is 0 Å². The molecule has 0 atom stereocenters. The lowest BCUT2D eigenvalue weighted by atomic mass is 10.2. The minimum atomic E-state index is -1.18. The summed E-state index contributed by atoms with van der Waals surface area (Å²) in [7, 11) is 2.98. The first-order valence-electron chi connectivity index (χ1n) is 6.02. The Balaban J connectivity index is 3.04. The van der Waals surface area contributed by atoms with Gasteiger partial charge in [-0.25, -0.2) is 0 Å². The number of carbonyl (C=O) groups is 2. The molecule has 0 saturated heterocycles. The second-order valence-corrected chi connectivity index (χ2v) is 4.85. The average molecular weight is 375 g/mol. The van der Waals surface area contributed by atoms with Crippen molar-refractivity contribution in [3.05, 3.63) is 22.2 Å². The summed E-state index contributed by atoms with van der Waals surface area (Å²) in [6.07, 6.45) is 1.35. The fourth-order valence-electron chi connectivity index (χ4n) is 1.60. The van der Waals surface area contributed by atoms with Gasteiger partial charge in [-0.2, -0.15) is 5.10 Å². The molecule has 0 unspecified atom stereocenters. The third kappa shape index (κ3) is 4.92. The van der Waals surface area contributed by atoms with E-state index in [1.165, 1.54) is 20.4 Å². The first kappa shape index (κ1) is 17.8. The van der Waals surface area contributed by atoms with Crippen molar-refractivity contribution < 1.29 is 29.3 Å². The molecular weight excluding hydrogens is 360 g/mol. The Labute approximate surface area is 135 Å². The van der Waals surface area contributed by atoms with Crippen molar-refractivity contribution in [3.8, 4) is 11.5 Å². The topological polar surface area (TPSA) is 109 Å². The highest BCUT2D eigenvalue weighted by molar-refractivity contribution is 9.10. The summed E-state index contributed by atoms with van der Waals surface area (Å²) in [5, 5.41) is 22.3. The van der Waals surface area contributed by atoms with Crippen molar-refractivity contribution >= 4 is 34.1 Å². The minimum Gasteiger partial charge on any atom is -0.493 e. The molecule has 0 spiro atoms. The van der Waals surface area contributed by atoms with Crippen molar-refractivity contribution in [1.29, 1.82) is 0 Å². The van der Waals surface area contributed by atoms with Gasteiger partial charge in [0.1, 0.15) is 13.1 Å². The molecule has 1 rings (SSSR count). The lowest BCUT2D eigenvalue weighted by molar-refractivity contribution is -0.141. The first-order chi connectivity index (χ1) is 10.4. The van der Waals surface area contributed by atoms with E-state index in [4.69, 9.17) is 19.7 Å². The van der Waals surface area contributed by atoms with Crippen molar-refractivity contribution in [3.63, 3.8) is 0 Å². The molecule has 0 radical (unpaired) electrons.